The molecule has 0 saturated heterocycles. The Kier molecular flexibility index (Phi) is 4.52. The van der Waals surface area contributed by atoms with Gasteiger partial charge < -0.3 is 0 Å². The smallest absolute Gasteiger partial charge is 0.198 e. The molecule has 93 valence electrons. The second kappa shape index (κ2) is 6.34. The van der Waals surface area contributed by atoms with Crippen LogP contribution in [0.1, 0.15) is 36.8 Å². The molecule has 18 heavy (non-hydrogen) atoms. The Morgan fingerprint density at radius 3 is 2.50 bits per heavy atom. The van der Waals surface area contributed by atoms with E-state index in [1.54, 1.807) is 0 Å². The molecule has 0 heterocycles. The van der Waals surface area contributed by atoms with Gasteiger partial charge in [-0.15, -0.1) is 0 Å². The van der Waals surface area contributed by atoms with E-state index in [9.17, 15) is 4.79 Å². The monoisotopic (exact) mass is 239 g/mol. The average Bonchev–Trinajstić information content (AvgIpc) is 2.41. The van der Waals surface area contributed by atoms with Gasteiger partial charge in [0.25, 0.3) is 0 Å². The molecule has 0 spiro atoms. The predicted octanol–water partition coefficient (Wildman–Crippen LogP) is 4.36. The first kappa shape index (κ1) is 12.8. The zero-order chi connectivity index (χ0) is 12.8. The molecule has 1 radical (unpaired) electrons. The van der Waals surface area contributed by atoms with Gasteiger partial charge in [0.15, 0.2) is 6.29 Å². The fraction of sp³-hybridized carbons (Fsp3) is 0.353. The number of hydrogen-bond acceptors (Lipinski definition) is 1. The number of unbranched alkanes of at least 4 members (excludes halogenated alkanes) is 3. The summed E-state index contributed by atoms with van der Waals surface area (Å²) in [4.78, 5) is 10.1. The van der Waals surface area contributed by atoms with Crippen molar-refractivity contribution >= 4 is 17.1 Å². The maximum atomic E-state index is 10.1. The van der Waals surface area contributed by atoms with E-state index in [1.165, 1.54) is 21.9 Å². The van der Waals surface area contributed by atoms with Gasteiger partial charge in [-0.05, 0) is 48.1 Å². The van der Waals surface area contributed by atoms with Gasteiger partial charge in [0.2, 0.25) is 0 Å². The molecular weight excluding hydrogens is 220 g/mol. The van der Waals surface area contributed by atoms with E-state index in [-0.39, 0.29) is 0 Å². The Hall–Kier alpha value is -1.63. The number of fused-ring (bicyclic) bond motifs is 1. The third kappa shape index (κ3) is 2.98. The molecule has 0 atom stereocenters. The molecule has 0 aliphatic heterocycles. The molecular formula is C17H19O. The van der Waals surface area contributed by atoms with Gasteiger partial charge in [-0.25, -0.2) is 0 Å². The summed E-state index contributed by atoms with van der Waals surface area (Å²) in [5, 5.41) is 2.73. The number of aryl methyl sites for hydroxylation is 2. The summed E-state index contributed by atoms with van der Waals surface area (Å²) in [5.74, 6) is 0. The third-order valence-electron chi connectivity index (χ3n) is 3.46. The Morgan fingerprint density at radius 1 is 0.944 bits per heavy atom. The minimum absolute atomic E-state index is 0.578. The van der Waals surface area contributed by atoms with Crippen LogP contribution < -0.4 is 0 Å². The van der Waals surface area contributed by atoms with E-state index in [4.69, 9.17) is 0 Å². The molecule has 2 aromatic rings. The number of hydrogen-bond donors (Lipinski definition) is 0. The van der Waals surface area contributed by atoms with E-state index in [1.807, 2.05) is 6.29 Å². The molecule has 0 saturated carbocycles. The van der Waals surface area contributed by atoms with Crippen LogP contribution in [0.3, 0.4) is 0 Å². The van der Waals surface area contributed by atoms with Gasteiger partial charge in [0, 0.05) is 6.42 Å². The Morgan fingerprint density at radius 2 is 1.72 bits per heavy atom. The van der Waals surface area contributed by atoms with E-state index < -0.39 is 0 Å². The first-order chi connectivity index (χ1) is 8.83. The third-order valence-corrected chi connectivity index (χ3v) is 3.46. The van der Waals surface area contributed by atoms with E-state index in [0.717, 1.165) is 25.7 Å². The molecule has 0 amide bonds. The summed E-state index contributed by atoms with van der Waals surface area (Å²) in [6.07, 6.45) is 6.85. The highest BCUT2D eigenvalue weighted by Crippen LogP contribution is 2.23. The van der Waals surface area contributed by atoms with Gasteiger partial charge >= 0.3 is 0 Å². The topological polar surface area (TPSA) is 17.1 Å². The molecule has 2 aromatic carbocycles. The molecule has 0 aliphatic carbocycles. The minimum Gasteiger partial charge on any atom is -0.291 e. The van der Waals surface area contributed by atoms with Crippen LogP contribution >= 0.6 is 0 Å². The van der Waals surface area contributed by atoms with Crippen LogP contribution in [0.4, 0.5) is 0 Å². The largest absolute Gasteiger partial charge is 0.291 e. The molecule has 1 heteroatoms. The Labute approximate surface area is 109 Å². The summed E-state index contributed by atoms with van der Waals surface area (Å²) in [7, 11) is 0. The van der Waals surface area contributed by atoms with Gasteiger partial charge in [-0.2, -0.15) is 0 Å². The zero-order valence-electron chi connectivity index (χ0n) is 10.9. The van der Waals surface area contributed by atoms with Crippen molar-refractivity contribution in [1.29, 1.82) is 0 Å². The zero-order valence-corrected chi connectivity index (χ0v) is 10.9. The summed E-state index contributed by atoms with van der Waals surface area (Å²) < 4.78 is 0. The van der Waals surface area contributed by atoms with Crippen LogP contribution in [0, 0.1) is 6.92 Å². The van der Waals surface area contributed by atoms with E-state index in [2.05, 4.69) is 43.3 Å². The fourth-order valence-corrected chi connectivity index (χ4v) is 2.42. The van der Waals surface area contributed by atoms with Crippen LogP contribution in [0.15, 0.2) is 36.4 Å². The molecule has 0 N–H and O–H groups in total. The summed E-state index contributed by atoms with van der Waals surface area (Å²) in [6.45, 7) is 2.16. The Bertz CT molecular complexity index is 528. The standard InChI is InChI=1S/C17H19O/c1-14-11-12-15(8-4-2-3-7-13-18)17-10-6-5-9-16(14)17/h5-6,9-12H,2-4,7-8H2,1H3. The normalized spacial score (nSPS) is 10.7. The van der Waals surface area contributed by atoms with Gasteiger partial charge in [-0.1, -0.05) is 42.8 Å². The maximum absolute atomic E-state index is 10.1. The van der Waals surface area contributed by atoms with Crippen molar-refractivity contribution < 1.29 is 4.79 Å². The van der Waals surface area contributed by atoms with Gasteiger partial charge in [0.1, 0.15) is 0 Å². The van der Waals surface area contributed by atoms with E-state index in [0.29, 0.717) is 6.42 Å². The van der Waals surface area contributed by atoms with Crippen molar-refractivity contribution in [1.82, 2.24) is 0 Å². The van der Waals surface area contributed by atoms with Crippen molar-refractivity contribution in [2.75, 3.05) is 0 Å². The highest BCUT2D eigenvalue weighted by molar-refractivity contribution is 5.88. The fourth-order valence-electron chi connectivity index (χ4n) is 2.42. The number of rotatable bonds is 6. The highest BCUT2D eigenvalue weighted by atomic mass is 16.1. The van der Waals surface area contributed by atoms with Crippen LogP contribution in [0.2, 0.25) is 0 Å². The van der Waals surface area contributed by atoms with Crippen molar-refractivity contribution in [3.05, 3.63) is 47.5 Å². The minimum atomic E-state index is 0.578. The van der Waals surface area contributed by atoms with Crippen molar-refractivity contribution in [2.45, 2.75) is 39.0 Å². The van der Waals surface area contributed by atoms with Crippen molar-refractivity contribution in [3.63, 3.8) is 0 Å². The predicted molar refractivity (Wildman–Crippen MR) is 76.6 cm³/mol. The summed E-state index contributed by atoms with van der Waals surface area (Å²) in [6, 6.07) is 13.0. The second-order valence-electron chi connectivity index (χ2n) is 4.79. The van der Waals surface area contributed by atoms with Crippen LogP contribution in [0.25, 0.3) is 10.8 Å². The van der Waals surface area contributed by atoms with E-state index >= 15 is 0 Å². The molecule has 0 unspecified atom stereocenters. The lowest BCUT2D eigenvalue weighted by Gasteiger charge is -2.08. The molecule has 0 fully saturated rings. The van der Waals surface area contributed by atoms with Crippen molar-refractivity contribution in [2.24, 2.45) is 0 Å². The lowest BCUT2D eigenvalue weighted by Crippen LogP contribution is -1.90. The van der Waals surface area contributed by atoms with Crippen molar-refractivity contribution in [3.8, 4) is 0 Å². The lowest BCUT2D eigenvalue weighted by molar-refractivity contribution is 0.545. The quantitative estimate of drug-likeness (QED) is 0.684. The number of carbonyl (C=O) groups excluding carboxylic acids is 1. The van der Waals surface area contributed by atoms with Crippen LogP contribution in [-0.2, 0) is 11.2 Å². The molecule has 2 rings (SSSR count). The summed E-state index contributed by atoms with van der Waals surface area (Å²) >= 11 is 0. The molecule has 0 bridgehead atoms. The molecule has 0 aliphatic rings. The first-order valence-corrected chi connectivity index (χ1v) is 6.65. The SMILES string of the molecule is Cc1ccc(CCCCC[C]=O)c2ccccc12. The second-order valence-corrected chi connectivity index (χ2v) is 4.79. The highest BCUT2D eigenvalue weighted by Gasteiger charge is 2.02. The first-order valence-electron chi connectivity index (χ1n) is 6.65. The number of benzene rings is 2. The Balaban J connectivity index is 2.09. The van der Waals surface area contributed by atoms with Crippen LogP contribution in [-0.4, -0.2) is 6.29 Å². The van der Waals surface area contributed by atoms with Gasteiger partial charge in [0.05, 0.1) is 0 Å². The van der Waals surface area contributed by atoms with Gasteiger partial charge in [-0.3, -0.25) is 4.79 Å². The lowest BCUT2D eigenvalue weighted by atomic mass is 9.96. The molecule has 1 nitrogen and oxygen atoms in total. The maximum Gasteiger partial charge on any atom is 0.198 e. The summed E-state index contributed by atoms with van der Waals surface area (Å²) in [5.41, 5.74) is 2.76. The average molecular weight is 239 g/mol. The van der Waals surface area contributed by atoms with Crippen LogP contribution in [0.5, 0.6) is 0 Å². The molecule has 0 aromatic heterocycles.